The summed E-state index contributed by atoms with van der Waals surface area (Å²) in [5, 5.41) is 3.44. The molecule has 0 fully saturated rings. The van der Waals surface area contributed by atoms with E-state index in [0.717, 1.165) is 6.54 Å². The van der Waals surface area contributed by atoms with Gasteiger partial charge >= 0.3 is 0 Å². The highest BCUT2D eigenvalue weighted by Crippen LogP contribution is 2.06. The Morgan fingerprint density at radius 2 is 2.00 bits per heavy atom. The molecule has 16 heavy (non-hydrogen) atoms. The highest BCUT2D eigenvalue weighted by atomic mass is 14.9. The molecule has 0 aromatic carbocycles. The predicted octanol–water partition coefficient (Wildman–Crippen LogP) is 3.18. The van der Waals surface area contributed by atoms with Gasteiger partial charge in [0, 0.05) is 18.4 Å². The van der Waals surface area contributed by atoms with Crippen molar-refractivity contribution in [3.63, 3.8) is 0 Å². The maximum atomic E-state index is 4.12. The zero-order valence-electron chi connectivity index (χ0n) is 10.6. The van der Waals surface area contributed by atoms with Crippen LogP contribution in [0.4, 0.5) is 0 Å². The van der Waals surface area contributed by atoms with Gasteiger partial charge in [-0.05, 0) is 37.4 Å². The van der Waals surface area contributed by atoms with Gasteiger partial charge in [-0.2, -0.15) is 0 Å². The highest BCUT2D eigenvalue weighted by Gasteiger charge is 1.94. The van der Waals surface area contributed by atoms with Crippen molar-refractivity contribution in [1.29, 1.82) is 0 Å². The standard InChI is InChI=1S/C14H24N2/c1-13(2)16-11-6-4-3-5-8-14-9-7-10-15-12-14/h7,9-10,12-13,16H,3-6,8,11H2,1-2H3. The van der Waals surface area contributed by atoms with E-state index in [9.17, 15) is 0 Å². The lowest BCUT2D eigenvalue weighted by molar-refractivity contribution is 0.541. The molecule has 0 unspecified atom stereocenters. The molecule has 1 heterocycles. The van der Waals surface area contributed by atoms with Crippen molar-refractivity contribution in [3.8, 4) is 0 Å². The molecule has 1 rings (SSSR count). The highest BCUT2D eigenvalue weighted by molar-refractivity contribution is 5.08. The van der Waals surface area contributed by atoms with E-state index in [1.807, 2.05) is 18.5 Å². The van der Waals surface area contributed by atoms with E-state index < -0.39 is 0 Å². The van der Waals surface area contributed by atoms with Crippen LogP contribution in [0.1, 0.15) is 45.1 Å². The Morgan fingerprint density at radius 3 is 2.69 bits per heavy atom. The molecule has 0 amide bonds. The molecule has 1 N–H and O–H groups in total. The third-order valence-electron chi connectivity index (χ3n) is 2.67. The Balaban J connectivity index is 1.93. The van der Waals surface area contributed by atoms with Gasteiger partial charge in [0.05, 0.1) is 0 Å². The quantitative estimate of drug-likeness (QED) is 0.681. The van der Waals surface area contributed by atoms with Crippen LogP contribution in [-0.4, -0.2) is 17.6 Å². The summed E-state index contributed by atoms with van der Waals surface area (Å²) in [6.45, 7) is 5.55. The van der Waals surface area contributed by atoms with Crippen LogP contribution in [0, 0.1) is 0 Å². The van der Waals surface area contributed by atoms with Gasteiger partial charge in [0.2, 0.25) is 0 Å². The molecule has 1 aromatic rings. The van der Waals surface area contributed by atoms with Crippen molar-refractivity contribution in [2.75, 3.05) is 6.54 Å². The third-order valence-corrected chi connectivity index (χ3v) is 2.67. The molecule has 90 valence electrons. The van der Waals surface area contributed by atoms with Gasteiger partial charge < -0.3 is 5.32 Å². The molecule has 0 atom stereocenters. The van der Waals surface area contributed by atoms with Crippen LogP contribution in [-0.2, 0) is 6.42 Å². The van der Waals surface area contributed by atoms with E-state index in [2.05, 4.69) is 30.2 Å². The molecule has 0 aliphatic carbocycles. The fourth-order valence-electron chi connectivity index (χ4n) is 1.74. The number of pyridine rings is 1. The Labute approximate surface area is 99.5 Å². The number of aromatic nitrogens is 1. The first kappa shape index (κ1) is 13.2. The van der Waals surface area contributed by atoms with Gasteiger partial charge in [-0.1, -0.05) is 32.8 Å². The zero-order chi connectivity index (χ0) is 11.6. The molecule has 1 aromatic heterocycles. The molecule has 0 saturated carbocycles. The fraction of sp³-hybridized carbons (Fsp3) is 0.643. The summed E-state index contributed by atoms with van der Waals surface area (Å²) in [5.74, 6) is 0. The second-order valence-electron chi connectivity index (χ2n) is 4.63. The van der Waals surface area contributed by atoms with Crippen molar-refractivity contribution in [3.05, 3.63) is 30.1 Å². The smallest absolute Gasteiger partial charge is 0.0299 e. The van der Waals surface area contributed by atoms with Crippen LogP contribution in [0.2, 0.25) is 0 Å². The number of hydrogen-bond acceptors (Lipinski definition) is 2. The van der Waals surface area contributed by atoms with Crippen LogP contribution < -0.4 is 5.32 Å². The number of unbranched alkanes of at least 4 members (excludes halogenated alkanes) is 3. The van der Waals surface area contributed by atoms with Crippen molar-refractivity contribution in [2.24, 2.45) is 0 Å². The third kappa shape index (κ3) is 6.57. The fourth-order valence-corrected chi connectivity index (χ4v) is 1.74. The number of hydrogen-bond donors (Lipinski definition) is 1. The van der Waals surface area contributed by atoms with Crippen molar-refractivity contribution < 1.29 is 0 Å². The maximum absolute atomic E-state index is 4.12. The molecule has 0 aliphatic heterocycles. The molecule has 0 bridgehead atoms. The van der Waals surface area contributed by atoms with E-state index in [4.69, 9.17) is 0 Å². The Bertz CT molecular complexity index is 257. The summed E-state index contributed by atoms with van der Waals surface area (Å²) < 4.78 is 0. The number of aryl methyl sites for hydroxylation is 1. The molecule has 0 saturated heterocycles. The Kier molecular flexibility index (Phi) is 6.82. The molecule has 0 radical (unpaired) electrons. The van der Waals surface area contributed by atoms with E-state index in [1.165, 1.54) is 37.7 Å². The van der Waals surface area contributed by atoms with Crippen molar-refractivity contribution in [2.45, 2.75) is 52.0 Å². The van der Waals surface area contributed by atoms with Crippen molar-refractivity contribution in [1.82, 2.24) is 10.3 Å². The van der Waals surface area contributed by atoms with Crippen LogP contribution >= 0.6 is 0 Å². The molecular weight excluding hydrogens is 196 g/mol. The van der Waals surface area contributed by atoms with Gasteiger partial charge in [0.25, 0.3) is 0 Å². The minimum Gasteiger partial charge on any atom is -0.315 e. The average molecular weight is 220 g/mol. The second kappa shape index (κ2) is 8.28. The van der Waals surface area contributed by atoms with Gasteiger partial charge in [0.15, 0.2) is 0 Å². The molecule has 2 heteroatoms. The first-order chi connectivity index (χ1) is 7.79. The SMILES string of the molecule is CC(C)NCCCCCCc1cccnc1. The summed E-state index contributed by atoms with van der Waals surface area (Å²) in [5.41, 5.74) is 1.36. The van der Waals surface area contributed by atoms with Crippen LogP contribution in [0.5, 0.6) is 0 Å². The van der Waals surface area contributed by atoms with E-state index in [1.54, 1.807) is 0 Å². The summed E-state index contributed by atoms with van der Waals surface area (Å²) in [4.78, 5) is 4.12. The number of nitrogens with one attached hydrogen (secondary N) is 1. The Morgan fingerprint density at radius 1 is 1.19 bits per heavy atom. The molecule has 0 spiro atoms. The van der Waals surface area contributed by atoms with E-state index >= 15 is 0 Å². The number of nitrogens with zero attached hydrogens (tertiary/aromatic N) is 1. The first-order valence-corrected chi connectivity index (χ1v) is 6.41. The van der Waals surface area contributed by atoms with Crippen LogP contribution in [0.15, 0.2) is 24.5 Å². The largest absolute Gasteiger partial charge is 0.315 e. The Hall–Kier alpha value is -0.890. The van der Waals surface area contributed by atoms with Gasteiger partial charge in [-0.3, -0.25) is 4.98 Å². The second-order valence-corrected chi connectivity index (χ2v) is 4.63. The molecular formula is C14H24N2. The van der Waals surface area contributed by atoms with Gasteiger partial charge in [-0.15, -0.1) is 0 Å². The van der Waals surface area contributed by atoms with Gasteiger partial charge in [0.1, 0.15) is 0 Å². The summed E-state index contributed by atoms with van der Waals surface area (Å²) >= 11 is 0. The summed E-state index contributed by atoms with van der Waals surface area (Å²) in [6.07, 6.45) is 10.2. The van der Waals surface area contributed by atoms with E-state index in [0.29, 0.717) is 6.04 Å². The van der Waals surface area contributed by atoms with Crippen molar-refractivity contribution >= 4 is 0 Å². The van der Waals surface area contributed by atoms with E-state index in [-0.39, 0.29) is 0 Å². The predicted molar refractivity (Wildman–Crippen MR) is 69.5 cm³/mol. The molecule has 2 nitrogen and oxygen atoms in total. The molecule has 0 aliphatic rings. The van der Waals surface area contributed by atoms with Gasteiger partial charge in [-0.25, -0.2) is 0 Å². The average Bonchev–Trinajstić information content (AvgIpc) is 2.29. The van der Waals surface area contributed by atoms with Crippen LogP contribution in [0.3, 0.4) is 0 Å². The first-order valence-electron chi connectivity index (χ1n) is 6.41. The lowest BCUT2D eigenvalue weighted by Crippen LogP contribution is -2.23. The monoisotopic (exact) mass is 220 g/mol. The minimum absolute atomic E-state index is 0.621. The lowest BCUT2D eigenvalue weighted by Gasteiger charge is -2.07. The lowest BCUT2D eigenvalue weighted by atomic mass is 10.1. The minimum atomic E-state index is 0.621. The van der Waals surface area contributed by atoms with Crippen LogP contribution in [0.25, 0.3) is 0 Å². The summed E-state index contributed by atoms with van der Waals surface area (Å²) in [6, 6.07) is 4.80. The summed E-state index contributed by atoms with van der Waals surface area (Å²) in [7, 11) is 0. The zero-order valence-corrected chi connectivity index (χ0v) is 10.6. The number of rotatable bonds is 8. The topological polar surface area (TPSA) is 24.9 Å². The maximum Gasteiger partial charge on any atom is 0.0299 e. The normalized spacial score (nSPS) is 10.9.